The number of carbonyl (C=O) groups excluding carboxylic acids is 1. The average molecular weight is 225 g/mol. The molecule has 0 aliphatic rings. The van der Waals surface area contributed by atoms with Crippen LogP contribution in [0.4, 0.5) is 0 Å². The molecule has 0 fully saturated rings. The lowest BCUT2D eigenvalue weighted by atomic mass is 10.2. The van der Waals surface area contributed by atoms with Crippen molar-refractivity contribution in [3.05, 3.63) is 0 Å². The van der Waals surface area contributed by atoms with Crippen LogP contribution in [0.25, 0.3) is 0 Å². The van der Waals surface area contributed by atoms with Crippen molar-refractivity contribution in [2.24, 2.45) is 0 Å². The van der Waals surface area contributed by atoms with E-state index in [1.807, 2.05) is 32.6 Å². The van der Waals surface area contributed by atoms with Gasteiger partial charge in [-0.3, -0.25) is 9.69 Å². The lowest BCUT2D eigenvalue weighted by molar-refractivity contribution is -0.126. The number of nitrogens with one attached hydrogen (secondary N) is 1. The van der Waals surface area contributed by atoms with Crippen LogP contribution in [0.3, 0.4) is 0 Å². The van der Waals surface area contributed by atoms with Gasteiger partial charge in [0.05, 0.1) is 12.1 Å². The molecule has 0 aliphatic carbocycles. The highest BCUT2D eigenvalue weighted by molar-refractivity contribution is 5.81. The smallest absolute Gasteiger partial charge is 0.237 e. The molecule has 4 heteroatoms. The largest absolute Gasteiger partial charge is 0.355 e. The van der Waals surface area contributed by atoms with Crippen molar-refractivity contribution in [3.63, 3.8) is 0 Å². The van der Waals surface area contributed by atoms with Crippen molar-refractivity contribution < 1.29 is 4.79 Å². The lowest BCUT2D eigenvalue weighted by Crippen LogP contribution is -2.48. The molecule has 0 aromatic heterocycles. The molecule has 92 valence electrons. The van der Waals surface area contributed by atoms with E-state index < -0.39 is 0 Å². The molecule has 0 rings (SSSR count). The predicted octanol–water partition coefficient (Wildman–Crippen LogP) is 1.53. The third-order valence-electron chi connectivity index (χ3n) is 2.57. The SMILES string of the molecule is CCCNC(=O)C(C)N(CCC#N)C(C)C. The zero-order valence-electron chi connectivity index (χ0n) is 10.8. The number of rotatable bonds is 7. The first-order valence-corrected chi connectivity index (χ1v) is 5.95. The van der Waals surface area contributed by atoms with Crippen LogP contribution in [0.1, 0.15) is 40.5 Å². The molecule has 0 aromatic rings. The molecule has 0 saturated carbocycles. The summed E-state index contributed by atoms with van der Waals surface area (Å²) in [5, 5.41) is 11.5. The fraction of sp³-hybridized carbons (Fsp3) is 0.833. The Morgan fingerprint density at radius 2 is 2.06 bits per heavy atom. The van der Waals surface area contributed by atoms with Crippen LogP contribution < -0.4 is 5.32 Å². The third-order valence-corrected chi connectivity index (χ3v) is 2.57. The highest BCUT2D eigenvalue weighted by Gasteiger charge is 2.22. The Balaban J connectivity index is 4.31. The van der Waals surface area contributed by atoms with Gasteiger partial charge in [-0.15, -0.1) is 0 Å². The topological polar surface area (TPSA) is 56.1 Å². The molecular weight excluding hydrogens is 202 g/mol. The highest BCUT2D eigenvalue weighted by Crippen LogP contribution is 2.06. The van der Waals surface area contributed by atoms with Crippen LogP contribution in [0.5, 0.6) is 0 Å². The minimum absolute atomic E-state index is 0.0495. The summed E-state index contributed by atoms with van der Waals surface area (Å²) in [5.74, 6) is 0.0495. The molecule has 16 heavy (non-hydrogen) atoms. The van der Waals surface area contributed by atoms with E-state index in [9.17, 15) is 4.79 Å². The summed E-state index contributed by atoms with van der Waals surface area (Å²) in [6.45, 7) is 9.37. The van der Waals surface area contributed by atoms with Crippen LogP contribution in [0.2, 0.25) is 0 Å². The Morgan fingerprint density at radius 3 is 2.50 bits per heavy atom. The highest BCUT2D eigenvalue weighted by atomic mass is 16.2. The van der Waals surface area contributed by atoms with E-state index in [2.05, 4.69) is 11.4 Å². The lowest BCUT2D eigenvalue weighted by Gasteiger charge is -2.31. The standard InChI is InChI=1S/C12H23N3O/c1-5-8-14-12(16)11(4)15(10(2)3)9-6-7-13/h10-11H,5-6,8-9H2,1-4H3,(H,14,16). The predicted molar refractivity (Wildman–Crippen MR) is 64.8 cm³/mol. The maximum Gasteiger partial charge on any atom is 0.237 e. The van der Waals surface area contributed by atoms with E-state index in [1.165, 1.54) is 0 Å². The minimum atomic E-state index is -0.167. The van der Waals surface area contributed by atoms with Crippen LogP contribution in [0.15, 0.2) is 0 Å². The average Bonchev–Trinajstić information content (AvgIpc) is 2.25. The van der Waals surface area contributed by atoms with Crippen molar-refractivity contribution >= 4 is 5.91 Å². The van der Waals surface area contributed by atoms with Gasteiger partial charge >= 0.3 is 0 Å². The molecule has 4 nitrogen and oxygen atoms in total. The molecular formula is C12H23N3O. The van der Waals surface area contributed by atoms with Gasteiger partial charge in [-0.2, -0.15) is 5.26 Å². The normalized spacial score (nSPS) is 12.6. The van der Waals surface area contributed by atoms with Crippen LogP contribution in [-0.4, -0.2) is 36.0 Å². The van der Waals surface area contributed by atoms with Gasteiger partial charge in [-0.05, 0) is 27.2 Å². The van der Waals surface area contributed by atoms with Gasteiger partial charge in [0.1, 0.15) is 0 Å². The number of hydrogen-bond donors (Lipinski definition) is 1. The van der Waals surface area contributed by atoms with Crippen LogP contribution in [-0.2, 0) is 4.79 Å². The Morgan fingerprint density at radius 1 is 1.44 bits per heavy atom. The monoisotopic (exact) mass is 225 g/mol. The maximum atomic E-state index is 11.8. The van der Waals surface area contributed by atoms with Crippen molar-refractivity contribution in [2.45, 2.75) is 52.6 Å². The molecule has 0 spiro atoms. The zero-order chi connectivity index (χ0) is 12.6. The summed E-state index contributed by atoms with van der Waals surface area (Å²) in [6.07, 6.45) is 1.40. The second kappa shape index (κ2) is 8.12. The Bertz CT molecular complexity index is 245. The van der Waals surface area contributed by atoms with Crippen LogP contribution >= 0.6 is 0 Å². The Hall–Kier alpha value is -1.08. The fourth-order valence-corrected chi connectivity index (χ4v) is 1.62. The Labute approximate surface area is 98.6 Å². The van der Waals surface area contributed by atoms with Crippen molar-refractivity contribution in [3.8, 4) is 6.07 Å². The number of nitriles is 1. The van der Waals surface area contributed by atoms with Gasteiger partial charge in [-0.25, -0.2) is 0 Å². The van der Waals surface area contributed by atoms with Gasteiger partial charge in [0.25, 0.3) is 0 Å². The maximum absolute atomic E-state index is 11.8. The second-order valence-corrected chi connectivity index (χ2v) is 4.21. The summed E-state index contributed by atoms with van der Waals surface area (Å²) in [4.78, 5) is 13.8. The Kier molecular flexibility index (Phi) is 7.57. The number of hydrogen-bond acceptors (Lipinski definition) is 3. The van der Waals surface area contributed by atoms with E-state index in [0.717, 1.165) is 6.42 Å². The van der Waals surface area contributed by atoms with Gasteiger partial charge < -0.3 is 5.32 Å². The molecule has 1 amide bonds. The zero-order valence-corrected chi connectivity index (χ0v) is 10.8. The van der Waals surface area contributed by atoms with Crippen molar-refractivity contribution in [2.75, 3.05) is 13.1 Å². The summed E-state index contributed by atoms with van der Waals surface area (Å²) >= 11 is 0. The van der Waals surface area contributed by atoms with Crippen LogP contribution in [0, 0.1) is 11.3 Å². The molecule has 0 saturated heterocycles. The summed E-state index contributed by atoms with van der Waals surface area (Å²) in [7, 11) is 0. The van der Waals surface area contributed by atoms with E-state index >= 15 is 0 Å². The minimum Gasteiger partial charge on any atom is -0.355 e. The molecule has 0 aromatic carbocycles. The van der Waals surface area contributed by atoms with Crippen molar-refractivity contribution in [1.29, 1.82) is 5.26 Å². The second-order valence-electron chi connectivity index (χ2n) is 4.21. The first kappa shape index (κ1) is 14.9. The van der Waals surface area contributed by atoms with E-state index in [-0.39, 0.29) is 18.0 Å². The summed E-state index contributed by atoms with van der Waals surface area (Å²) < 4.78 is 0. The quantitative estimate of drug-likeness (QED) is 0.715. The summed E-state index contributed by atoms with van der Waals surface area (Å²) in [6, 6.07) is 2.22. The first-order valence-electron chi connectivity index (χ1n) is 5.95. The van der Waals surface area contributed by atoms with Gasteiger partial charge in [-0.1, -0.05) is 6.92 Å². The third kappa shape index (κ3) is 5.13. The molecule has 0 bridgehead atoms. The van der Waals surface area contributed by atoms with Crippen molar-refractivity contribution in [1.82, 2.24) is 10.2 Å². The van der Waals surface area contributed by atoms with E-state index in [1.54, 1.807) is 0 Å². The van der Waals surface area contributed by atoms with E-state index in [0.29, 0.717) is 19.5 Å². The number of amides is 1. The van der Waals surface area contributed by atoms with E-state index in [4.69, 9.17) is 5.26 Å². The molecule has 1 unspecified atom stereocenters. The van der Waals surface area contributed by atoms with Gasteiger partial charge in [0.15, 0.2) is 0 Å². The first-order chi connectivity index (χ1) is 7.54. The van der Waals surface area contributed by atoms with Gasteiger partial charge in [0, 0.05) is 25.6 Å². The fourth-order valence-electron chi connectivity index (χ4n) is 1.62. The summed E-state index contributed by atoms with van der Waals surface area (Å²) in [5.41, 5.74) is 0. The molecule has 1 N–H and O–H groups in total. The molecule has 0 aliphatic heterocycles. The number of nitrogens with zero attached hydrogens (tertiary/aromatic N) is 2. The van der Waals surface area contributed by atoms with Gasteiger partial charge in [0.2, 0.25) is 5.91 Å². The molecule has 1 atom stereocenters. The molecule has 0 heterocycles. The molecule has 0 radical (unpaired) electrons. The number of carbonyl (C=O) groups is 1.